The highest BCUT2D eigenvalue weighted by atomic mass is 35.5. The molecule has 124 valence electrons. The number of halogens is 2. The SMILES string of the molecule is Cl.NCCCC(=O)N(Cc1cccc(F)c1)CC1CCCO1. The molecule has 1 unspecified atom stereocenters. The summed E-state index contributed by atoms with van der Waals surface area (Å²) in [7, 11) is 0. The summed E-state index contributed by atoms with van der Waals surface area (Å²) in [6, 6.07) is 6.38. The lowest BCUT2D eigenvalue weighted by atomic mass is 10.1. The molecule has 1 aromatic rings. The molecule has 1 amide bonds. The topological polar surface area (TPSA) is 55.6 Å². The van der Waals surface area contributed by atoms with Gasteiger partial charge in [-0.15, -0.1) is 12.4 Å². The Morgan fingerprint density at radius 3 is 2.91 bits per heavy atom. The second-order valence-corrected chi connectivity index (χ2v) is 5.43. The van der Waals surface area contributed by atoms with Crippen LogP contribution in [0.2, 0.25) is 0 Å². The predicted molar refractivity (Wildman–Crippen MR) is 86.3 cm³/mol. The van der Waals surface area contributed by atoms with E-state index in [-0.39, 0.29) is 30.2 Å². The Morgan fingerprint density at radius 1 is 1.45 bits per heavy atom. The van der Waals surface area contributed by atoms with Crippen LogP contribution in [0.1, 0.15) is 31.2 Å². The van der Waals surface area contributed by atoms with Gasteiger partial charge in [-0.25, -0.2) is 4.39 Å². The molecule has 0 saturated carbocycles. The van der Waals surface area contributed by atoms with E-state index >= 15 is 0 Å². The number of carbonyl (C=O) groups excluding carboxylic acids is 1. The molecule has 0 aromatic heterocycles. The number of hydrogen-bond acceptors (Lipinski definition) is 3. The van der Waals surface area contributed by atoms with Gasteiger partial charge in [0.05, 0.1) is 6.10 Å². The molecule has 4 nitrogen and oxygen atoms in total. The molecule has 1 fully saturated rings. The van der Waals surface area contributed by atoms with Crippen molar-refractivity contribution in [2.24, 2.45) is 5.73 Å². The Kier molecular flexibility index (Phi) is 8.38. The fourth-order valence-electron chi connectivity index (χ4n) is 2.56. The number of carbonyl (C=O) groups is 1. The Hall–Kier alpha value is -1.17. The summed E-state index contributed by atoms with van der Waals surface area (Å²) in [5, 5.41) is 0. The first kappa shape index (κ1) is 18.9. The molecule has 1 saturated heterocycles. The van der Waals surface area contributed by atoms with Crippen molar-refractivity contribution >= 4 is 18.3 Å². The molecule has 0 aliphatic carbocycles. The molecule has 2 rings (SSSR count). The first-order valence-corrected chi connectivity index (χ1v) is 7.53. The minimum atomic E-state index is -0.279. The average Bonchev–Trinajstić information content (AvgIpc) is 2.97. The lowest BCUT2D eigenvalue weighted by Gasteiger charge is -2.25. The molecule has 22 heavy (non-hydrogen) atoms. The molecule has 0 radical (unpaired) electrons. The van der Waals surface area contributed by atoms with E-state index < -0.39 is 0 Å². The van der Waals surface area contributed by atoms with Gasteiger partial charge in [0.25, 0.3) is 0 Å². The van der Waals surface area contributed by atoms with Crippen molar-refractivity contribution in [2.75, 3.05) is 19.7 Å². The molecule has 1 aromatic carbocycles. The molecule has 6 heteroatoms. The number of amides is 1. The Balaban J connectivity index is 0.00000242. The van der Waals surface area contributed by atoms with E-state index in [0.29, 0.717) is 32.5 Å². The zero-order valence-corrected chi connectivity index (χ0v) is 13.5. The van der Waals surface area contributed by atoms with Gasteiger partial charge >= 0.3 is 0 Å². The highest BCUT2D eigenvalue weighted by Crippen LogP contribution is 2.16. The third-order valence-electron chi connectivity index (χ3n) is 3.66. The molecule has 1 atom stereocenters. The number of nitrogens with two attached hydrogens (primary N) is 1. The van der Waals surface area contributed by atoms with Gasteiger partial charge in [-0.3, -0.25) is 4.79 Å². The van der Waals surface area contributed by atoms with Crippen LogP contribution in [0.15, 0.2) is 24.3 Å². The van der Waals surface area contributed by atoms with Gasteiger partial charge in [-0.1, -0.05) is 12.1 Å². The van der Waals surface area contributed by atoms with E-state index in [2.05, 4.69) is 0 Å². The van der Waals surface area contributed by atoms with E-state index in [4.69, 9.17) is 10.5 Å². The maximum absolute atomic E-state index is 13.3. The molecular formula is C16H24ClFN2O2. The van der Waals surface area contributed by atoms with Gasteiger partial charge in [0.2, 0.25) is 5.91 Å². The van der Waals surface area contributed by atoms with Crippen molar-refractivity contribution in [1.82, 2.24) is 4.90 Å². The van der Waals surface area contributed by atoms with Crippen molar-refractivity contribution in [3.63, 3.8) is 0 Å². The second-order valence-electron chi connectivity index (χ2n) is 5.43. The standard InChI is InChI=1S/C16H23FN2O2.ClH/c17-14-5-1-4-13(10-14)11-19(16(20)7-2-8-18)12-15-6-3-9-21-15;/h1,4-5,10,15H,2-3,6-9,11-12,18H2;1H. The molecule has 1 aliphatic rings. The monoisotopic (exact) mass is 330 g/mol. The maximum Gasteiger partial charge on any atom is 0.223 e. The highest BCUT2D eigenvalue weighted by molar-refractivity contribution is 5.85. The summed E-state index contributed by atoms with van der Waals surface area (Å²) in [6.45, 7) is 2.25. The number of benzene rings is 1. The van der Waals surface area contributed by atoms with E-state index in [1.54, 1.807) is 11.0 Å². The normalized spacial score (nSPS) is 17.1. The van der Waals surface area contributed by atoms with Crippen molar-refractivity contribution in [3.05, 3.63) is 35.6 Å². The van der Waals surface area contributed by atoms with Crippen LogP contribution in [-0.4, -0.2) is 36.6 Å². The molecule has 2 N–H and O–H groups in total. The summed E-state index contributed by atoms with van der Waals surface area (Å²) in [5.74, 6) is -0.223. The smallest absolute Gasteiger partial charge is 0.223 e. The van der Waals surface area contributed by atoms with Crippen LogP contribution >= 0.6 is 12.4 Å². The molecule has 0 spiro atoms. The van der Waals surface area contributed by atoms with Crippen LogP contribution in [-0.2, 0) is 16.1 Å². The second kappa shape index (κ2) is 9.77. The molecule has 0 bridgehead atoms. The highest BCUT2D eigenvalue weighted by Gasteiger charge is 2.22. The molecule has 1 aliphatic heterocycles. The van der Waals surface area contributed by atoms with E-state index in [1.807, 2.05) is 6.07 Å². The van der Waals surface area contributed by atoms with Gasteiger partial charge in [0, 0.05) is 26.1 Å². The average molecular weight is 331 g/mol. The minimum absolute atomic E-state index is 0. The Bertz CT molecular complexity index is 467. The Labute approximate surface area is 137 Å². The van der Waals surface area contributed by atoms with Crippen LogP contribution < -0.4 is 5.73 Å². The third-order valence-corrected chi connectivity index (χ3v) is 3.66. The largest absolute Gasteiger partial charge is 0.376 e. The van der Waals surface area contributed by atoms with Crippen LogP contribution in [0.4, 0.5) is 4.39 Å². The van der Waals surface area contributed by atoms with Gasteiger partial charge in [-0.2, -0.15) is 0 Å². The van der Waals surface area contributed by atoms with Crippen molar-refractivity contribution in [2.45, 2.75) is 38.3 Å². The van der Waals surface area contributed by atoms with Crippen molar-refractivity contribution < 1.29 is 13.9 Å². The van der Waals surface area contributed by atoms with Crippen LogP contribution in [0.25, 0.3) is 0 Å². The van der Waals surface area contributed by atoms with Crippen LogP contribution in [0.5, 0.6) is 0 Å². The zero-order chi connectivity index (χ0) is 15.1. The van der Waals surface area contributed by atoms with E-state index in [0.717, 1.165) is 25.0 Å². The number of rotatable bonds is 7. The maximum atomic E-state index is 13.3. The van der Waals surface area contributed by atoms with Gasteiger partial charge in [-0.05, 0) is 43.5 Å². The Morgan fingerprint density at radius 2 is 2.27 bits per heavy atom. The van der Waals surface area contributed by atoms with Crippen LogP contribution in [0.3, 0.4) is 0 Å². The van der Waals surface area contributed by atoms with Crippen molar-refractivity contribution in [3.8, 4) is 0 Å². The first-order chi connectivity index (χ1) is 10.2. The fraction of sp³-hybridized carbons (Fsp3) is 0.562. The summed E-state index contributed by atoms with van der Waals surface area (Å²) < 4.78 is 18.9. The zero-order valence-electron chi connectivity index (χ0n) is 12.7. The lowest BCUT2D eigenvalue weighted by molar-refractivity contribution is -0.133. The number of hydrogen-bond donors (Lipinski definition) is 1. The number of nitrogens with zero attached hydrogens (tertiary/aromatic N) is 1. The lowest BCUT2D eigenvalue weighted by Crippen LogP contribution is -2.37. The summed E-state index contributed by atoms with van der Waals surface area (Å²) in [6.07, 6.45) is 3.21. The quantitative estimate of drug-likeness (QED) is 0.835. The predicted octanol–water partition coefficient (Wildman–Crippen LogP) is 2.49. The van der Waals surface area contributed by atoms with Crippen molar-refractivity contribution in [1.29, 1.82) is 0 Å². The molecular weight excluding hydrogens is 307 g/mol. The van der Waals surface area contributed by atoms with Gasteiger partial charge in [0.1, 0.15) is 5.82 Å². The minimum Gasteiger partial charge on any atom is -0.376 e. The summed E-state index contributed by atoms with van der Waals surface area (Å²) in [5.41, 5.74) is 6.27. The first-order valence-electron chi connectivity index (χ1n) is 7.53. The molecule has 1 heterocycles. The number of ether oxygens (including phenoxy) is 1. The van der Waals surface area contributed by atoms with Gasteiger partial charge < -0.3 is 15.4 Å². The fourth-order valence-corrected chi connectivity index (χ4v) is 2.56. The van der Waals surface area contributed by atoms with Gasteiger partial charge in [0.15, 0.2) is 0 Å². The van der Waals surface area contributed by atoms with E-state index in [1.165, 1.54) is 12.1 Å². The van der Waals surface area contributed by atoms with Crippen LogP contribution in [0, 0.1) is 5.82 Å². The summed E-state index contributed by atoms with van der Waals surface area (Å²) in [4.78, 5) is 14.1. The third kappa shape index (κ3) is 5.91. The van der Waals surface area contributed by atoms with E-state index in [9.17, 15) is 9.18 Å². The summed E-state index contributed by atoms with van der Waals surface area (Å²) >= 11 is 0.